The molecule has 0 amide bonds. The van der Waals surface area contributed by atoms with Crippen LogP contribution in [0.15, 0.2) is 29.1 Å². The average Bonchev–Trinajstić information content (AvgIpc) is 3.15. The molecule has 0 unspecified atom stereocenters. The van der Waals surface area contributed by atoms with E-state index in [2.05, 4.69) is 27.0 Å². The molecule has 3 aromatic rings. The van der Waals surface area contributed by atoms with Gasteiger partial charge in [0.15, 0.2) is 0 Å². The number of hydrogen-bond donors (Lipinski definition) is 1. The Kier molecular flexibility index (Phi) is 6.91. The van der Waals surface area contributed by atoms with E-state index < -0.39 is 5.97 Å². The van der Waals surface area contributed by atoms with E-state index in [0.717, 1.165) is 38.1 Å². The Balaban J connectivity index is 1.34. The molecule has 4 rings (SSSR count). The fourth-order valence-corrected chi connectivity index (χ4v) is 5.48. The van der Waals surface area contributed by atoms with Gasteiger partial charge in [-0.3, -0.25) is 9.69 Å². The second-order valence-corrected chi connectivity index (χ2v) is 9.35. The number of methoxy groups -OCH3 is 2. The lowest BCUT2D eigenvalue weighted by atomic mass is 9.90. The number of ether oxygens (including phenoxy) is 2. The van der Waals surface area contributed by atoms with Crippen molar-refractivity contribution in [1.82, 2.24) is 14.9 Å². The van der Waals surface area contributed by atoms with Gasteiger partial charge in [-0.15, -0.1) is 11.3 Å². The van der Waals surface area contributed by atoms with Crippen molar-refractivity contribution in [1.29, 1.82) is 0 Å². The maximum Gasteiger partial charge on any atom is 0.348 e. The molecule has 1 N–H and O–H groups in total. The van der Waals surface area contributed by atoms with Crippen LogP contribution in [-0.4, -0.2) is 48.1 Å². The highest BCUT2D eigenvalue weighted by Crippen LogP contribution is 2.28. The van der Waals surface area contributed by atoms with E-state index in [4.69, 9.17) is 9.47 Å². The van der Waals surface area contributed by atoms with Crippen molar-refractivity contribution in [2.45, 2.75) is 39.2 Å². The second-order valence-electron chi connectivity index (χ2n) is 8.35. The molecular weight excluding hydrogens is 426 g/mol. The Morgan fingerprint density at radius 1 is 1.22 bits per heavy atom. The summed E-state index contributed by atoms with van der Waals surface area (Å²) in [5.41, 5.74) is 1.79. The van der Waals surface area contributed by atoms with Crippen LogP contribution >= 0.6 is 11.3 Å². The number of aromatic nitrogens is 2. The standard InChI is InChI=1S/C24H29N3O4S/c1-15-20-22(28)25-19(26-23(20)32-21(15)24(29)31-3)14-27-12-10-17(11-13-27)5-4-16-6-8-18(30-2)9-7-16/h6-9,17H,4-5,10-14H2,1-3H3,(H,25,26,28). The van der Waals surface area contributed by atoms with Gasteiger partial charge in [0.2, 0.25) is 0 Å². The van der Waals surface area contributed by atoms with Gasteiger partial charge in [-0.1, -0.05) is 12.1 Å². The summed E-state index contributed by atoms with van der Waals surface area (Å²) in [6.45, 7) is 4.36. The molecule has 0 radical (unpaired) electrons. The Bertz CT molecular complexity index is 1140. The third kappa shape index (κ3) is 4.86. The topological polar surface area (TPSA) is 84.5 Å². The summed E-state index contributed by atoms with van der Waals surface area (Å²) in [4.78, 5) is 35.5. The van der Waals surface area contributed by atoms with Crippen LogP contribution in [0, 0.1) is 12.8 Å². The van der Waals surface area contributed by atoms with Gasteiger partial charge in [-0.25, -0.2) is 9.78 Å². The van der Waals surface area contributed by atoms with Crippen molar-refractivity contribution in [2.75, 3.05) is 27.3 Å². The Labute approximate surface area is 191 Å². The van der Waals surface area contributed by atoms with Crippen molar-refractivity contribution in [3.05, 3.63) is 56.4 Å². The third-order valence-corrected chi connectivity index (χ3v) is 7.47. The fourth-order valence-electron chi connectivity index (χ4n) is 4.36. The van der Waals surface area contributed by atoms with E-state index in [1.165, 1.54) is 30.4 Å². The van der Waals surface area contributed by atoms with Crippen LogP contribution in [0.3, 0.4) is 0 Å². The largest absolute Gasteiger partial charge is 0.497 e. The highest BCUT2D eigenvalue weighted by molar-refractivity contribution is 7.20. The average molecular weight is 456 g/mol. The number of carbonyl (C=O) groups is 1. The molecular formula is C24H29N3O4S. The van der Waals surface area contributed by atoms with Gasteiger partial charge in [0.1, 0.15) is 21.3 Å². The molecule has 1 aliphatic rings. The molecule has 0 atom stereocenters. The zero-order chi connectivity index (χ0) is 22.7. The lowest BCUT2D eigenvalue weighted by Crippen LogP contribution is -2.34. The number of nitrogens with one attached hydrogen (secondary N) is 1. The summed E-state index contributed by atoms with van der Waals surface area (Å²) in [6, 6.07) is 8.32. The monoisotopic (exact) mass is 455 g/mol. The Morgan fingerprint density at radius 3 is 2.59 bits per heavy atom. The van der Waals surface area contributed by atoms with Gasteiger partial charge in [-0.05, 0) is 74.9 Å². The smallest absolute Gasteiger partial charge is 0.348 e. The first-order valence-electron chi connectivity index (χ1n) is 10.9. The van der Waals surface area contributed by atoms with Crippen molar-refractivity contribution in [3.63, 3.8) is 0 Å². The van der Waals surface area contributed by atoms with Crippen molar-refractivity contribution >= 4 is 27.5 Å². The molecule has 7 nitrogen and oxygen atoms in total. The molecule has 32 heavy (non-hydrogen) atoms. The number of rotatable bonds is 7. The number of thiophene rings is 1. The first-order valence-corrected chi connectivity index (χ1v) is 11.8. The molecule has 1 fully saturated rings. The maximum absolute atomic E-state index is 12.6. The highest BCUT2D eigenvalue weighted by Gasteiger charge is 2.22. The van der Waals surface area contributed by atoms with Gasteiger partial charge >= 0.3 is 5.97 Å². The molecule has 1 saturated heterocycles. The number of piperidine rings is 1. The minimum absolute atomic E-state index is 0.191. The van der Waals surface area contributed by atoms with E-state index in [0.29, 0.717) is 38.9 Å². The van der Waals surface area contributed by atoms with E-state index in [1.807, 2.05) is 12.1 Å². The molecule has 170 valence electrons. The molecule has 0 bridgehead atoms. The van der Waals surface area contributed by atoms with Crippen LogP contribution in [0.2, 0.25) is 0 Å². The minimum atomic E-state index is -0.428. The normalized spacial score (nSPS) is 15.2. The summed E-state index contributed by atoms with van der Waals surface area (Å²) < 4.78 is 10.0. The molecule has 1 aromatic carbocycles. The number of hydrogen-bond acceptors (Lipinski definition) is 7. The summed E-state index contributed by atoms with van der Waals surface area (Å²) >= 11 is 1.22. The summed E-state index contributed by atoms with van der Waals surface area (Å²) in [7, 11) is 3.03. The predicted octanol–water partition coefficient (Wildman–Crippen LogP) is 3.93. The van der Waals surface area contributed by atoms with Gasteiger partial charge in [0.05, 0.1) is 26.2 Å². The quantitative estimate of drug-likeness (QED) is 0.544. The van der Waals surface area contributed by atoms with Crippen LogP contribution in [0.25, 0.3) is 10.2 Å². The number of carbonyl (C=O) groups excluding carboxylic acids is 1. The second kappa shape index (κ2) is 9.83. The van der Waals surface area contributed by atoms with Crippen LogP contribution < -0.4 is 10.3 Å². The number of fused-ring (bicyclic) bond motifs is 1. The lowest BCUT2D eigenvalue weighted by Gasteiger charge is -2.31. The van der Waals surface area contributed by atoms with Crippen LogP contribution in [0.4, 0.5) is 0 Å². The zero-order valence-corrected chi connectivity index (χ0v) is 19.6. The number of aromatic amines is 1. The Morgan fingerprint density at radius 2 is 1.94 bits per heavy atom. The molecule has 2 aromatic heterocycles. The molecule has 1 aliphatic heterocycles. The summed E-state index contributed by atoms with van der Waals surface area (Å²) in [6.07, 6.45) is 4.56. The summed E-state index contributed by atoms with van der Waals surface area (Å²) in [5.74, 6) is 1.83. The summed E-state index contributed by atoms with van der Waals surface area (Å²) in [5, 5.41) is 0.483. The Hall–Kier alpha value is -2.71. The van der Waals surface area contributed by atoms with E-state index in [9.17, 15) is 9.59 Å². The number of esters is 1. The SMILES string of the molecule is COC(=O)c1sc2nc(CN3CCC(CCc4ccc(OC)cc4)CC3)[nH]c(=O)c2c1C. The van der Waals surface area contributed by atoms with Crippen molar-refractivity contribution in [3.8, 4) is 5.75 Å². The van der Waals surface area contributed by atoms with E-state index in [-0.39, 0.29) is 5.56 Å². The van der Waals surface area contributed by atoms with Crippen LogP contribution in [-0.2, 0) is 17.7 Å². The van der Waals surface area contributed by atoms with Gasteiger partial charge in [0.25, 0.3) is 5.56 Å². The van der Waals surface area contributed by atoms with Gasteiger partial charge in [0, 0.05) is 0 Å². The lowest BCUT2D eigenvalue weighted by molar-refractivity contribution is 0.0605. The van der Waals surface area contributed by atoms with Crippen molar-refractivity contribution < 1.29 is 14.3 Å². The minimum Gasteiger partial charge on any atom is -0.497 e. The van der Waals surface area contributed by atoms with Crippen molar-refractivity contribution in [2.24, 2.45) is 5.92 Å². The first-order chi connectivity index (χ1) is 15.5. The van der Waals surface area contributed by atoms with Gasteiger partial charge in [-0.2, -0.15) is 0 Å². The maximum atomic E-state index is 12.6. The number of nitrogens with zero attached hydrogens (tertiary/aromatic N) is 2. The number of likely N-dealkylation sites (tertiary alicyclic amines) is 1. The first kappa shape index (κ1) is 22.5. The third-order valence-electron chi connectivity index (χ3n) is 6.30. The molecule has 0 spiro atoms. The molecule has 0 aliphatic carbocycles. The number of H-pyrrole nitrogens is 1. The van der Waals surface area contributed by atoms with Crippen LogP contribution in [0.5, 0.6) is 5.75 Å². The van der Waals surface area contributed by atoms with E-state index >= 15 is 0 Å². The predicted molar refractivity (Wildman–Crippen MR) is 126 cm³/mol. The number of aryl methyl sites for hydroxylation is 2. The number of benzene rings is 1. The fraction of sp³-hybridized carbons (Fsp3) is 0.458. The van der Waals surface area contributed by atoms with Crippen LogP contribution in [0.1, 0.15) is 45.9 Å². The molecule has 0 saturated carbocycles. The highest BCUT2D eigenvalue weighted by atomic mass is 32.1. The molecule has 3 heterocycles. The zero-order valence-electron chi connectivity index (χ0n) is 18.8. The van der Waals surface area contributed by atoms with Gasteiger partial charge < -0.3 is 14.5 Å². The van der Waals surface area contributed by atoms with E-state index in [1.54, 1.807) is 14.0 Å². The molecule has 8 heteroatoms.